The molecular weight excluding hydrogens is 112 g/mol. The molecule has 1 N–H and O–H groups in total. The van der Waals surface area contributed by atoms with E-state index >= 15 is 0 Å². The maximum Gasteiger partial charge on any atom is 0.131 e. The average Bonchev–Trinajstić information content (AvgIpc) is 1.89. The van der Waals surface area contributed by atoms with Crippen LogP contribution in [0, 0.1) is 12.3 Å². The molecule has 0 aliphatic rings. The van der Waals surface area contributed by atoms with Crippen molar-refractivity contribution in [2.75, 3.05) is 0 Å². The van der Waals surface area contributed by atoms with E-state index in [4.69, 9.17) is 11.5 Å². The summed E-state index contributed by atoms with van der Waals surface area (Å²) >= 11 is 0. The molecule has 1 aromatic rings. The molecule has 9 heavy (non-hydrogen) atoms. The second kappa shape index (κ2) is 2.23. The normalized spacial score (nSPS) is 8.33. The molecule has 0 bridgehead atoms. The highest BCUT2D eigenvalue weighted by atomic mass is 16.3. The second-order valence-corrected chi connectivity index (χ2v) is 1.66. The van der Waals surface area contributed by atoms with Gasteiger partial charge >= 0.3 is 0 Å². The molecule has 0 spiro atoms. The van der Waals surface area contributed by atoms with Crippen LogP contribution >= 0.6 is 0 Å². The summed E-state index contributed by atoms with van der Waals surface area (Å²) in [5, 5.41) is 8.97. The van der Waals surface area contributed by atoms with Crippen molar-refractivity contribution in [3.63, 3.8) is 0 Å². The topological polar surface area (TPSA) is 20.2 Å². The summed E-state index contributed by atoms with van der Waals surface area (Å²) in [6.45, 7) is 0. The van der Waals surface area contributed by atoms with Crippen molar-refractivity contribution < 1.29 is 5.11 Å². The molecule has 0 heterocycles. The molecule has 0 fully saturated rings. The van der Waals surface area contributed by atoms with Gasteiger partial charge in [-0.05, 0) is 12.1 Å². The number of terminal acetylenes is 1. The molecule has 0 aliphatic heterocycles. The molecule has 0 unspecified atom stereocenters. The summed E-state index contributed by atoms with van der Waals surface area (Å²) in [5.74, 6) is 2.51. The molecule has 0 aliphatic carbocycles. The number of hydrogen-bond acceptors (Lipinski definition) is 1. The first-order valence-corrected chi connectivity index (χ1v) is 2.59. The average molecular weight is 118 g/mol. The largest absolute Gasteiger partial charge is 0.507 e. The first-order valence-electron chi connectivity index (χ1n) is 2.59. The van der Waals surface area contributed by atoms with Gasteiger partial charge in [-0.2, -0.15) is 0 Å². The van der Waals surface area contributed by atoms with Crippen LogP contribution in [0.2, 0.25) is 0 Å². The van der Waals surface area contributed by atoms with E-state index in [0.717, 1.165) is 0 Å². The Bertz CT molecular complexity index is 245. The van der Waals surface area contributed by atoms with Crippen molar-refractivity contribution in [1.29, 1.82) is 0 Å². The number of phenols is 1. The number of aromatic hydroxyl groups is 1. The van der Waals surface area contributed by atoms with E-state index in [1.54, 1.807) is 24.3 Å². The maximum atomic E-state index is 8.97. The van der Waals surface area contributed by atoms with E-state index in [9.17, 15) is 0 Å². The summed E-state index contributed by atoms with van der Waals surface area (Å²) in [6, 6.07) is 6.77. The predicted molar refractivity (Wildman–Crippen MR) is 36.0 cm³/mol. The zero-order valence-electron chi connectivity index (χ0n) is 4.83. The zero-order valence-corrected chi connectivity index (χ0v) is 4.83. The lowest BCUT2D eigenvalue weighted by molar-refractivity contribution is 0.474. The Labute approximate surface area is 54.0 Å². The third-order valence-electron chi connectivity index (χ3n) is 1.06. The molecule has 1 rings (SSSR count). The Hall–Kier alpha value is -1.42. The van der Waals surface area contributed by atoms with E-state index in [-0.39, 0.29) is 5.75 Å². The Morgan fingerprint density at radius 3 is 2.44 bits per heavy atom. The van der Waals surface area contributed by atoms with Crippen LogP contribution in [0.3, 0.4) is 0 Å². The van der Waals surface area contributed by atoms with E-state index in [1.165, 1.54) is 0 Å². The van der Waals surface area contributed by atoms with Crippen LogP contribution in [0.15, 0.2) is 24.3 Å². The molecular formula is C8H6O. The van der Waals surface area contributed by atoms with E-state index in [1.807, 2.05) is 0 Å². The monoisotopic (exact) mass is 118 g/mol. The van der Waals surface area contributed by atoms with Gasteiger partial charge in [0.05, 0.1) is 5.56 Å². The third kappa shape index (κ3) is 1.03. The van der Waals surface area contributed by atoms with Gasteiger partial charge in [0.1, 0.15) is 5.75 Å². The SMILES string of the molecule is C#Cc1ccccc1O. The predicted octanol–water partition coefficient (Wildman–Crippen LogP) is 1.37. The molecule has 0 radical (unpaired) electrons. The van der Waals surface area contributed by atoms with Gasteiger partial charge in [0, 0.05) is 0 Å². The second-order valence-electron chi connectivity index (χ2n) is 1.66. The highest BCUT2D eigenvalue weighted by molar-refractivity contribution is 5.43. The van der Waals surface area contributed by atoms with E-state index < -0.39 is 0 Å². The smallest absolute Gasteiger partial charge is 0.131 e. The number of benzene rings is 1. The van der Waals surface area contributed by atoms with Crippen LogP contribution in [0.25, 0.3) is 0 Å². The van der Waals surface area contributed by atoms with Crippen LogP contribution in [-0.4, -0.2) is 5.11 Å². The van der Waals surface area contributed by atoms with Crippen molar-refractivity contribution in [3.8, 4) is 18.1 Å². The fourth-order valence-electron chi connectivity index (χ4n) is 0.596. The van der Waals surface area contributed by atoms with Crippen molar-refractivity contribution in [2.45, 2.75) is 0 Å². The highest BCUT2D eigenvalue weighted by Crippen LogP contribution is 2.12. The molecule has 1 heteroatoms. The first-order chi connectivity index (χ1) is 4.34. The first kappa shape index (κ1) is 5.71. The minimum Gasteiger partial charge on any atom is -0.507 e. The van der Waals surface area contributed by atoms with Gasteiger partial charge in [0.15, 0.2) is 0 Å². The van der Waals surface area contributed by atoms with Gasteiger partial charge < -0.3 is 5.11 Å². The van der Waals surface area contributed by atoms with E-state index in [2.05, 4.69) is 5.92 Å². The fraction of sp³-hybridized carbons (Fsp3) is 0. The molecule has 0 saturated carbocycles. The van der Waals surface area contributed by atoms with Crippen LogP contribution in [0.1, 0.15) is 5.56 Å². The molecule has 0 atom stereocenters. The summed E-state index contributed by atoms with van der Waals surface area (Å²) < 4.78 is 0. The van der Waals surface area contributed by atoms with Crippen molar-refractivity contribution in [2.24, 2.45) is 0 Å². The zero-order chi connectivity index (χ0) is 6.69. The molecule has 0 saturated heterocycles. The standard InChI is InChI=1S/C8H6O/c1-2-7-5-3-4-6-8(7)9/h1,3-6,9H. The van der Waals surface area contributed by atoms with E-state index in [0.29, 0.717) is 5.56 Å². The maximum absolute atomic E-state index is 8.97. The number of rotatable bonds is 0. The number of phenolic OH excluding ortho intramolecular Hbond substituents is 1. The van der Waals surface area contributed by atoms with Crippen molar-refractivity contribution >= 4 is 0 Å². The van der Waals surface area contributed by atoms with Crippen LogP contribution in [0.5, 0.6) is 5.75 Å². The minimum absolute atomic E-state index is 0.167. The Balaban J connectivity index is 3.20. The Morgan fingerprint density at radius 1 is 1.33 bits per heavy atom. The Kier molecular flexibility index (Phi) is 1.42. The summed E-state index contributed by atoms with van der Waals surface area (Å²) in [7, 11) is 0. The van der Waals surface area contributed by atoms with Gasteiger partial charge in [-0.25, -0.2) is 0 Å². The number of hydrogen-bond donors (Lipinski definition) is 1. The van der Waals surface area contributed by atoms with Gasteiger partial charge in [0.2, 0.25) is 0 Å². The van der Waals surface area contributed by atoms with Crippen LogP contribution in [-0.2, 0) is 0 Å². The van der Waals surface area contributed by atoms with Crippen molar-refractivity contribution in [1.82, 2.24) is 0 Å². The van der Waals surface area contributed by atoms with Gasteiger partial charge in [-0.1, -0.05) is 18.1 Å². The van der Waals surface area contributed by atoms with Gasteiger partial charge in [0.25, 0.3) is 0 Å². The van der Waals surface area contributed by atoms with Gasteiger partial charge in [-0.3, -0.25) is 0 Å². The molecule has 0 aromatic heterocycles. The quantitative estimate of drug-likeness (QED) is 0.510. The van der Waals surface area contributed by atoms with Crippen molar-refractivity contribution in [3.05, 3.63) is 29.8 Å². The fourth-order valence-corrected chi connectivity index (χ4v) is 0.596. The molecule has 0 amide bonds. The summed E-state index contributed by atoms with van der Waals surface area (Å²) in [4.78, 5) is 0. The third-order valence-corrected chi connectivity index (χ3v) is 1.06. The molecule has 44 valence electrons. The lowest BCUT2D eigenvalue weighted by atomic mass is 10.2. The van der Waals surface area contributed by atoms with Gasteiger partial charge in [-0.15, -0.1) is 6.42 Å². The highest BCUT2D eigenvalue weighted by Gasteiger charge is 1.90. The van der Waals surface area contributed by atoms with Crippen LogP contribution in [0.4, 0.5) is 0 Å². The summed E-state index contributed by atoms with van der Waals surface area (Å²) in [5.41, 5.74) is 0.539. The molecule has 1 aromatic carbocycles. The molecule has 1 nitrogen and oxygen atoms in total. The van der Waals surface area contributed by atoms with Crippen LogP contribution < -0.4 is 0 Å². The lowest BCUT2D eigenvalue weighted by Crippen LogP contribution is -1.71. The lowest BCUT2D eigenvalue weighted by Gasteiger charge is -1.91. The minimum atomic E-state index is 0.167. The number of para-hydroxylation sites is 1. The Morgan fingerprint density at radius 2 is 2.00 bits per heavy atom. The summed E-state index contributed by atoms with van der Waals surface area (Å²) in [6.07, 6.45) is 5.04.